The molecular weight excluding hydrogens is 200 g/mol. The number of ether oxygens (including phenoxy) is 3. The highest BCUT2D eigenvalue weighted by Crippen LogP contribution is 2.26. The van der Waals surface area contributed by atoms with Crippen molar-refractivity contribution >= 4 is 11.9 Å². The summed E-state index contributed by atoms with van der Waals surface area (Å²) < 4.78 is 14.9. The van der Waals surface area contributed by atoms with E-state index in [1.165, 1.54) is 0 Å². The maximum absolute atomic E-state index is 11.0. The number of cyclic esters (lactones) is 2. The van der Waals surface area contributed by atoms with E-state index in [1.54, 1.807) is 0 Å². The van der Waals surface area contributed by atoms with Gasteiger partial charge < -0.3 is 14.2 Å². The van der Waals surface area contributed by atoms with Gasteiger partial charge in [0.15, 0.2) is 0 Å². The Bertz CT molecular complexity index is 291. The second-order valence-electron chi connectivity index (χ2n) is 3.42. The first-order valence-electron chi connectivity index (χ1n) is 4.49. The number of carbonyl (C=O) groups is 2. The molecule has 2 fully saturated rings. The quantitative estimate of drug-likeness (QED) is 0.495. The van der Waals surface area contributed by atoms with E-state index in [-0.39, 0.29) is 0 Å². The summed E-state index contributed by atoms with van der Waals surface area (Å²) in [5.74, 6) is -0.939. The van der Waals surface area contributed by atoms with Crippen molar-refractivity contribution in [1.29, 1.82) is 0 Å². The van der Waals surface area contributed by atoms with Crippen LogP contribution in [0.15, 0.2) is 24.3 Å². The summed E-state index contributed by atoms with van der Waals surface area (Å²) in [6.07, 6.45) is -0.791. The van der Waals surface area contributed by atoms with E-state index in [2.05, 4.69) is 13.2 Å². The summed E-state index contributed by atoms with van der Waals surface area (Å²) >= 11 is 0. The van der Waals surface area contributed by atoms with Crippen LogP contribution in [0.1, 0.15) is 12.8 Å². The molecular formula is C10H10O5. The van der Waals surface area contributed by atoms with Crippen LogP contribution in [-0.4, -0.2) is 24.5 Å². The first-order chi connectivity index (χ1) is 7.06. The second kappa shape index (κ2) is 3.51. The third kappa shape index (κ3) is 1.92. The molecule has 80 valence electrons. The molecule has 15 heavy (non-hydrogen) atoms. The first kappa shape index (κ1) is 9.92. The van der Waals surface area contributed by atoms with Gasteiger partial charge in [-0.25, -0.2) is 9.59 Å². The van der Waals surface area contributed by atoms with Crippen LogP contribution in [0, 0.1) is 0 Å². The van der Waals surface area contributed by atoms with Crippen LogP contribution in [0.2, 0.25) is 0 Å². The van der Waals surface area contributed by atoms with Crippen molar-refractivity contribution in [3.8, 4) is 0 Å². The van der Waals surface area contributed by atoms with Gasteiger partial charge in [0.25, 0.3) is 0 Å². The normalized spacial score (nSPS) is 30.7. The predicted octanol–water partition coefficient (Wildman–Crippen LogP) is 0.661. The average molecular weight is 210 g/mol. The van der Waals surface area contributed by atoms with E-state index >= 15 is 0 Å². The Balaban J connectivity index is 1.89. The molecule has 2 aliphatic rings. The van der Waals surface area contributed by atoms with Crippen LogP contribution in [0.4, 0.5) is 0 Å². The zero-order valence-electron chi connectivity index (χ0n) is 8.02. The molecule has 0 bridgehead atoms. The van der Waals surface area contributed by atoms with E-state index in [1.807, 2.05) is 0 Å². The molecule has 2 heterocycles. The summed E-state index contributed by atoms with van der Waals surface area (Å²) in [5, 5.41) is 0. The fraction of sp³-hybridized carbons (Fsp3) is 0.400. The van der Waals surface area contributed by atoms with Gasteiger partial charge in [-0.15, -0.1) is 0 Å². The molecule has 0 N–H and O–H groups in total. The molecule has 0 saturated carbocycles. The van der Waals surface area contributed by atoms with Gasteiger partial charge in [0, 0.05) is 24.0 Å². The minimum atomic E-state index is -0.700. The zero-order chi connectivity index (χ0) is 11.0. The lowest BCUT2D eigenvalue weighted by molar-refractivity contribution is -0.214. The smallest absolute Gasteiger partial charge is 0.335 e. The monoisotopic (exact) mass is 210 g/mol. The minimum Gasteiger partial charge on any atom is -0.432 e. The molecule has 5 nitrogen and oxygen atoms in total. The highest BCUT2D eigenvalue weighted by molar-refractivity contribution is 5.90. The van der Waals surface area contributed by atoms with E-state index < -0.39 is 24.5 Å². The maximum atomic E-state index is 11.0. The molecule has 0 aliphatic carbocycles. The SMILES string of the molecule is C=C1CC(OC2CC(=C)C(=O)O2)OC1=O. The van der Waals surface area contributed by atoms with E-state index in [0.717, 1.165) is 0 Å². The molecule has 0 aromatic carbocycles. The fourth-order valence-corrected chi connectivity index (χ4v) is 1.38. The van der Waals surface area contributed by atoms with Crippen molar-refractivity contribution in [3.05, 3.63) is 24.3 Å². The van der Waals surface area contributed by atoms with Gasteiger partial charge in [-0.1, -0.05) is 13.2 Å². The van der Waals surface area contributed by atoms with Gasteiger partial charge in [0.2, 0.25) is 12.6 Å². The lowest BCUT2D eigenvalue weighted by atomic mass is 10.2. The molecule has 2 unspecified atom stereocenters. The summed E-state index contributed by atoms with van der Waals surface area (Å²) in [5.41, 5.74) is 0.728. The molecule has 0 spiro atoms. The van der Waals surface area contributed by atoms with Gasteiger partial charge in [-0.3, -0.25) is 0 Å². The number of hydrogen-bond donors (Lipinski definition) is 0. The van der Waals surface area contributed by atoms with E-state index in [9.17, 15) is 9.59 Å². The largest absolute Gasteiger partial charge is 0.432 e. The van der Waals surface area contributed by atoms with Gasteiger partial charge in [0.05, 0.1) is 0 Å². The van der Waals surface area contributed by atoms with Crippen molar-refractivity contribution in [2.24, 2.45) is 0 Å². The molecule has 0 aromatic rings. The van der Waals surface area contributed by atoms with Crippen molar-refractivity contribution in [3.63, 3.8) is 0 Å². The van der Waals surface area contributed by atoms with Crippen LogP contribution in [0.5, 0.6) is 0 Å². The second-order valence-corrected chi connectivity index (χ2v) is 3.42. The Kier molecular flexibility index (Phi) is 2.32. The van der Waals surface area contributed by atoms with E-state index in [0.29, 0.717) is 24.0 Å². The third-order valence-corrected chi connectivity index (χ3v) is 2.18. The highest BCUT2D eigenvalue weighted by atomic mass is 16.8. The molecule has 2 saturated heterocycles. The summed E-state index contributed by atoms with van der Waals surface area (Å²) in [6.45, 7) is 7.02. The lowest BCUT2D eigenvalue weighted by Crippen LogP contribution is -2.21. The summed E-state index contributed by atoms with van der Waals surface area (Å²) in [4.78, 5) is 21.9. The van der Waals surface area contributed by atoms with Crippen LogP contribution in [0.3, 0.4) is 0 Å². The number of rotatable bonds is 2. The minimum absolute atomic E-state index is 0.305. The van der Waals surface area contributed by atoms with Gasteiger partial charge in [-0.2, -0.15) is 0 Å². The lowest BCUT2D eigenvalue weighted by Gasteiger charge is -2.14. The van der Waals surface area contributed by atoms with E-state index in [4.69, 9.17) is 14.2 Å². The molecule has 2 atom stereocenters. The highest BCUT2D eigenvalue weighted by Gasteiger charge is 2.35. The Morgan fingerprint density at radius 1 is 1.00 bits per heavy atom. The van der Waals surface area contributed by atoms with Gasteiger partial charge in [-0.05, 0) is 0 Å². The average Bonchev–Trinajstić information content (AvgIpc) is 2.59. The standard InChI is InChI=1S/C10H10O5/c1-5-3-7(14-9(5)11)13-8-4-6(2)10(12)15-8/h7-8H,1-4H2. The third-order valence-electron chi connectivity index (χ3n) is 2.18. The number of esters is 2. The van der Waals surface area contributed by atoms with Crippen molar-refractivity contribution < 1.29 is 23.8 Å². The Hall–Kier alpha value is -1.62. The van der Waals surface area contributed by atoms with Crippen LogP contribution >= 0.6 is 0 Å². The van der Waals surface area contributed by atoms with Crippen molar-refractivity contribution in [1.82, 2.24) is 0 Å². The fourth-order valence-electron chi connectivity index (χ4n) is 1.38. The Morgan fingerprint density at radius 2 is 1.40 bits per heavy atom. The van der Waals surface area contributed by atoms with Crippen LogP contribution in [0.25, 0.3) is 0 Å². The topological polar surface area (TPSA) is 61.8 Å². The summed E-state index contributed by atoms with van der Waals surface area (Å²) in [6, 6.07) is 0. The van der Waals surface area contributed by atoms with Gasteiger partial charge >= 0.3 is 11.9 Å². The zero-order valence-corrected chi connectivity index (χ0v) is 8.02. The molecule has 0 aromatic heterocycles. The molecule has 2 aliphatic heterocycles. The number of carbonyl (C=O) groups excluding carboxylic acids is 2. The predicted molar refractivity (Wildman–Crippen MR) is 48.4 cm³/mol. The molecule has 0 amide bonds. The maximum Gasteiger partial charge on any atom is 0.335 e. The molecule has 2 rings (SSSR count). The van der Waals surface area contributed by atoms with Crippen molar-refractivity contribution in [2.45, 2.75) is 25.4 Å². The van der Waals surface area contributed by atoms with Crippen LogP contribution < -0.4 is 0 Å². The van der Waals surface area contributed by atoms with Crippen molar-refractivity contribution in [2.75, 3.05) is 0 Å². The first-order valence-corrected chi connectivity index (χ1v) is 4.49. The Morgan fingerprint density at radius 3 is 1.67 bits per heavy atom. The van der Waals surface area contributed by atoms with Gasteiger partial charge in [0.1, 0.15) is 0 Å². The molecule has 0 radical (unpaired) electrons. The summed E-state index contributed by atoms with van der Waals surface area (Å²) in [7, 11) is 0. The Labute approximate surface area is 86.3 Å². The molecule has 5 heteroatoms. The van der Waals surface area contributed by atoms with Crippen LogP contribution in [-0.2, 0) is 23.8 Å². The number of hydrogen-bond acceptors (Lipinski definition) is 5.